The molecule has 0 fully saturated rings. The van der Waals surface area contributed by atoms with Crippen LogP contribution in [0.3, 0.4) is 0 Å². The SMILES string of the molecule is COc1ccc(OC)c(NC(=O)c2nc(-c3ccc(Cl)cc3)n(-c3cccc(Cl)c3C)n2)c1. The molecule has 0 saturated heterocycles. The lowest BCUT2D eigenvalue weighted by Crippen LogP contribution is -2.15. The molecule has 0 spiro atoms. The molecule has 1 aromatic heterocycles. The average molecular weight is 483 g/mol. The van der Waals surface area contributed by atoms with E-state index < -0.39 is 5.91 Å². The Bertz CT molecular complexity index is 1320. The molecule has 0 unspecified atom stereocenters. The third-order valence-corrected chi connectivity index (χ3v) is 5.70. The summed E-state index contributed by atoms with van der Waals surface area (Å²) >= 11 is 12.4. The molecule has 33 heavy (non-hydrogen) atoms. The number of methoxy groups -OCH3 is 2. The van der Waals surface area contributed by atoms with Crippen molar-refractivity contribution >= 4 is 34.8 Å². The zero-order valence-corrected chi connectivity index (χ0v) is 19.6. The third kappa shape index (κ3) is 4.65. The second-order valence-corrected chi connectivity index (χ2v) is 7.93. The van der Waals surface area contributed by atoms with Gasteiger partial charge < -0.3 is 14.8 Å². The van der Waals surface area contributed by atoms with Crippen LogP contribution in [0.25, 0.3) is 17.1 Å². The Morgan fingerprint density at radius 1 is 1.00 bits per heavy atom. The highest BCUT2D eigenvalue weighted by atomic mass is 35.5. The Hall–Kier alpha value is -3.55. The molecule has 1 amide bonds. The van der Waals surface area contributed by atoms with Gasteiger partial charge in [-0.05, 0) is 61.0 Å². The number of ether oxygens (including phenoxy) is 2. The van der Waals surface area contributed by atoms with Crippen LogP contribution in [0.15, 0.2) is 60.7 Å². The molecular formula is C24H20Cl2N4O3. The number of hydrogen-bond donors (Lipinski definition) is 1. The lowest BCUT2D eigenvalue weighted by Gasteiger charge is -2.11. The number of carbonyl (C=O) groups excluding carboxylic acids is 1. The third-order valence-electron chi connectivity index (χ3n) is 5.03. The van der Waals surface area contributed by atoms with Crippen molar-refractivity contribution in [3.63, 3.8) is 0 Å². The molecule has 0 aliphatic carbocycles. The van der Waals surface area contributed by atoms with Gasteiger partial charge in [-0.25, -0.2) is 9.67 Å². The van der Waals surface area contributed by atoms with Gasteiger partial charge in [-0.2, -0.15) is 0 Å². The zero-order valence-electron chi connectivity index (χ0n) is 18.1. The van der Waals surface area contributed by atoms with E-state index in [9.17, 15) is 4.79 Å². The number of rotatable bonds is 6. The van der Waals surface area contributed by atoms with Crippen LogP contribution in [0.4, 0.5) is 5.69 Å². The van der Waals surface area contributed by atoms with E-state index in [4.69, 9.17) is 32.7 Å². The van der Waals surface area contributed by atoms with Crippen LogP contribution in [-0.4, -0.2) is 34.9 Å². The van der Waals surface area contributed by atoms with Crippen molar-refractivity contribution in [2.45, 2.75) is 6.92 Å². The summed E-state index contributed by atoms with van der Waals surface area (Å²) in [5, 5.41) is 8.48. The lowest BCUT2D eigenvalue weighted by atomic mass is 10.1. The van der Waals surface area contributed by atoms with Crippen molar-refractivity contribution in [3.8, 4) is 28.6 Å². The zero-order chi connectivity index (χ0) is 23.5. The number of carbonyl (C=O) groups is 1. The van der Waals surface area contributed by atoms with Crippen LogP contribution in [0, 0.1) is 6.92 Å². The highest BCUT2D eigenvalue weighted by molar-refractivity contribution is 6.31. The number of nitrogens with zero attached hydrogens (tertiary/aromatic N) is 3. The number of benzene rings is 3. The van der Waals surface area contributed by atoms with Gasteiger partial charge in [0, 0.05) is 21.7 Å². The van der Waals surface area contributed by atoms with Gasteiger partial charge in [0.1, 0.15) is 11.5 Å². The molecule has 0 aliphatic heterocycles. The van der Waals surface area contributed by atoms with Crippen LogP contribution in [-0.2, 0) is 0 Å². The first-order valence-electron chi connectivity index (χ1n) is 9.93. The number of amides is 1. The van der Waals surface area contributed by atoms with Gasteiger partial charge in [0.15, 0.2) is 5.82 Å². The standard InChI is InChI=1S/C24H20Cl2N4O3/c1-14-18(26)5-4-6-20(14)30-23(15-7-9-16(25)10-8-15)28-22(29-30)24(31)27-19-13-17(32-2)11-12-21(19)33-3/h4-13H,1-3H3,(H,27,31). The molecule has 0 saturated carbocycles. The van der Waals surface area contributed by atoms with Crippen molar-refractivity contribution in [3.05, 3.63) is 82.1 Å². The fourth-order valence-electron chi connectivity index (χ4n) is 3.28. The van der Waals surface area contributed by atoms with Gasteiger partial charge >= 0.3 is 0 Å². The first-order chi connectivity index (χ1) is 15.9. The summed E-state index contributed by atoms with van der Waals surface area (Å²) in [4.78, 5) is 17.7. The minimum absolute atomic E-state index is 0.0239. The summed E-state index contributed by atoms with van der Waals surface area (Å²) in [5.41, 5.74) is 2.69. The quantitative estimate of drug-likeness (QED) is 0.374. The molecule has 3 aromatic carbocycles. The molecule has 1 N–H and O–H groups in total. The Morgan fingerprint density at radius 3 is 2.45 bits per heavy atom. The highest BCUT2D eigenvalue weighted by Crippen LogP contribution is 2.30. The predicted molar refractivity (Wildman–Crippen MR) is 129 cm³/mol. The molecular weight excluding hydrogens is 463 g/mol. The smallest absolute Gasteiger partial charge is 0.295 e. The topological polar surface area (TPSA) is 78.3 Å². The maximum absolute atomic E-state index is 13.1. The minimum Gasteiger partial charge on any atom is -0.497 e. The molecule has 1 heterocycles. The van der Waals surface area contributed by atoms with Crippen LogP contribution >= 0.6 is 23.2 Å². The summed E-state index contributed by atoms with van der Waals surface area (Å²) in [7, 11) is 3.06. The predicted octanol–water partition coefficient (Wildman–Crippen LogP) is 5.82. The molecule has 7 nitrogen and oxygen atoms in total. The van der Waals surface area contributed by atoms with E-state index in [0.29, 0.717) is 38.7 Å². The fraction of sp³-hybridized carbons (Fsp3) is 0.125. The molecule has 0 radical (unpaired) electrons. The van der Waals surface area contributed by atoms with Gasteiger partial charge in [-0.3, -0.25) is 4.79 Å². The highest BCUT2D eigenvalue weighted by Gasteiger charge is 2.21. The maximum atomic E-state index is 13.1. The summed E-state index contributed by atoms with van der Waals surface area (Å²) in [5.74, 6) is 0.993. The second kappa shape index (κ2) is 9.52. The molecule has 9 heteroatoms. The number of hydrogen-bond acceptors (Lipinski definition) is 5. The van der Waals surface area contributed by atoms with Crippen LogP contribution in [0.5, 0.6) is 11.5 Å². The minimum atomic E-state index is -0.504. The van der Waals surface area contributed by atoms with E-state index in [1.807, 2.05) is 31.2 Å². The fourth-order valence-corrected chi connectivity index (χ4v) is 3.57. The largest absolute Gasteiger partial charge is 0.497 e. The Morgan fingerprint density at radius 2 is 1.76 bits per heavy atom. The number of nitrogens with one attached hydrogen (secondary N) is 1. The van der Waals surface area contributed by atoms with Crippen molar-refractivity contribution in [2.24, 2.45) is 0 Å². The van der Waals surface area contributed by atoms with E-state index in [-0.39, 0.29) is 5.82 Å². The summed E-state index contributed by atoms with van der Waals surface area (Å²) < 4.78 is 12.2. The van der Waals surface area contributed by atoms with Crippen molar-refractivity contribution in [2.75, 3.05) is 19.5 Å². The Labute approximate surface area is 200 Å². The van der Waals surface area contributed by atoms with E-state index in [0.717, 1.165) is 11.1 Å². The molecule has 168 valence electrons. The van der Waals surface area contributed by atoms with Gasteiger partial charge in [0.2, 0.25) is 5.82 Å². The normalized spacial score (nSPS) is 10.7. The average Bonchev–Trinajstić information content (AvgIpc) is 3.26. The Balaban J connectivity index is 1.79. The van der Waals surface area contributed by atoms with Crippen LogP contribution < -0.4 is 14.8 Å². The number of halogens is 2. The molecule has 0 bridgehead atoms. The maximum Gasteiger partial charge on any atom is 0.295 e. The van der Waals surface area contributed by atoms with Crippen LogP contribution in [0.2, 0.25) is 10.0 Å². The summed E-state index contributed by atoms with van der Waals surface area (Å²) in [6.07, 6.45) is 0. The van der Waals surface area contributed by atoms with E-state index in [1.165, 1.54) is 7.11 Å². The van der Waals surface area contributed by atoms with E-state index >= 15 is 0 Å². The lowest BCUT2D eigenvalue weighted by molar-refractivity contribution is 0.101. The van der Waals surface area contributed by atoms with Crippen molar-refractivity contribution < 1.29 is 14.3 Å². The van der Waals surface area contributed by atoms with Gasteiger partial charge in [0.05, 0.1) is 25.6 Å². The van der Waals surface area contributed by atoms with E-state index in [2.05, 4.69) is 15.4 Å². The second-order valence-electron chi connectivity index (χ2n) is 7.08. The van der Waals surface area contributed by atoms with Gasteiger partial charge in [-0.1, -0.05) is 29.3 Å². The summed E-state index contributed by atoms with van der Waals surface area (Å²) in [6, 6.07) is 17.7. The number of anilines is 1. The Kier molecular flexibility index (Phi) is 6.53. The monoisotopic (exact) mass is 482 g/mol. The first kappa shape index (κ1) is 22.6. The molecule has 0 atom stereocenters. The van der Waals surface area contributed by atoms with Crippen LogP contribution in [0.1, 0.15) is 16.2 Å². The van der Waals surface area contributed by atoms with Crippen molar-refractivity contribution in [1.29, 1.82) is 0 Å². The van der Waals surface area contributed by atoms with E-state index in [1.54, 1.807) is 48.2 Å². The summed E-state index contributed by atoms with van der Waals surface area (Å²) in [6.45, 7) is 1.88. The molecule has 0 aliphatic rings. The molecule has 4 aromatic rings. The van der Waals surface area contributed by atoms with Gasteiger partial charge in [-0.15, -0.1) is 5.10 Å². The van der Waals surface area contributed by atoms with Crippen molar-refractivity contribution in [1.82, 2.24) is 14.8 Å². The van der Waals surface area contributed by atoms with Gasteiger partial charge in [0.25, 0.3) is 5.91 Å². The first-order valence-corrected chi connectivity index (χ1v) is 10.7. The number of aromatic nitrogens is 3. The molecule has 4 rings (SSSR count).